The molecule has 1 fully saturated rings. The molecule has 1 unspecified atom stereocenters. The molecular formula is C14H21ClN2S. The monoisotopic (exact) mass is 284 g/mol. The summed E-state index contributed by atoms with van der Waals surface area (Å²) >= 11 is 7.80. The van der Waals surface area contributed by atoms with E-state index < -0.39 is 0 Å². The van der Waals surface area contributed by atoms with Gasteiger partial charge in [-0.1, -0.05) is 43.4 Å². The van der Waals surface area contributed by atoms with Crippen LogP contribution >= 0.6 is 23.4 Å². The summed E-state index contributed by atoms with van der Waals surface area (Å²) in [6.45, 7) is 0. The highest BCUT2D eigenvalue weighted by molar-refractivity contribution is 7.99. The van der Waals surface area contributed by atoms with Crippen molar-refractivity contribution in [3.8, 4) is 0 Å². The van der Waals surface area contributed by atoms with Crippen molar-refractivity contribution < 1.29 is 0 Å². The molecule has 1 aliphatic carbocycles. The van der Waals surface area contributed by atoms with Crippen LogP contribution in [0.5, 0.6) is 0 Å². The number of nitrogens with two attached hydrogens (primary N) is 1. The highest BCUT2D eigenvalue weighted by Crippen LogP contribution is 2.30. The molecule has 0 radical (unpaired) electrons. The minimum absolute atomic E-state index is 0.400. The Morgan fingerprint density at radius 1 is 1.39 bits per heavy atom. The Labute approximate surface area is 119 Å². The maximum absolute atomic E-state index is 5.98. The van der Waals surface area contributed by atoms with Gasteiger partial charge in [-0.3, -0.25) is 11.3 Å². The predicted molar refractivity (Wildman–Crippen MR) is 79.9 cm³/mol. The average molecular weight is 285 g/mol. The van der Waals surface area contributed by atoms with Gasteiger partial charge in [-0.15, -0.1) is 11.8 Å². The molecule has 18 heavy (non-hydrogen) atoms. The molecule has 0 spiro atoms. The van der Waals surface area contributed by atoms with Crippen LogP contribution < -0.4 is 11.3 Å². The van der Waals surface area contributed by atoms with Gasteiger partial charge >= 0.3 is 0 Å². The van der Waals surface area contributed by atoms with Gasteiger partial charge in [-0.2, -0.15) is 0 Å². The molecule has 1 saturated carbocycles. The SMILES string of the molecule is NNC(CSc1cccc(Cl)c1)CC1CCCC1. The number of thioether (sulfide) groups is 1. The Bertz CT molecular complexity index is 367. The molecular weight excluding hydrogens is 264 g/mol. The Kier molecular flexibility index (Phi) is 5.83. The molecule has 1 aromatic carbocycles. The lowest BCUT2D eigenvalue weighted by molar-refractivity contribution is 0.415. The molecule has 0 heterocycles. The summed E-state index contributed by atoms with van der Waals surface area (Å²) in [5, 5.41) is 0.799. The van der Waals surface area contributed by atoms with Crippen LogP contribution in [-0.4, -0.2) is 11.8 Å². The first-order valence-electron chi connectivity index (χ1n) is 6.62. The fourth-order valence-corrected chi connectivity index (χ4v) is 3.85. The van der Waals surface area contributed by atoms with E-state index in [1.54, 1.807) is 0 Å². The summed E-state index contributed by atoms with van der Waals surface area (Å²) < 4.78 is 0. The highest BCUT2D eigenvalue weighted by Gasteiger charge is 2.19. The normalized spacial score (nSPS) is 18.1. The zero-order valence-corrected chi connectivity index (χ0v) is 12.1. The Balaban J connectivity index is 1.79. The lowest BCUT2D eigenvalue weighted by Gasteiger charge is -2.19. The molecule has 2 rings (SSSR count). The quantitative estimate of drug-likeness (QED) is 0.473. The number of hydrogen-bond acceptors (Lipinski definition) is 3. The van der Waals surface area contributed by atoms with Crippen molar-refractivity contribution in [2.45, 2.75) is 43.0 Å². The minimum atomic E-state index is 0.400. The van der Waals surface area contributed by atoms with Crippen molar-refractivity contribution >= 4 is 23.4 Å². The van der Waals surface area contributed by atoms with Crippen LogP contribution in [0.4, 0.5) is 0 Å². The van der Waals surface area contributed by atoms with Crippen LogP contribution in [0.2, 0.25) is 5.02 Å². The summed E-state index contributed by atoms with van der Waals surface area (Å²) in [5.41, 5.74) is 2.96. The van der Waals surface area contributed by atoms with Gasteiger partial charge in [0, 0.05) is 21.7 Å². The van der Waals surface area contributed by atoms with Gasteiger partial charge in [-0.05, 0) is 30.5 Å². The minimum Gasteiger partial charge on any atom is -0.271 e. The van der Waals surface area contributed by atoms with Crippen LogP contribution in [0.1, 0.15) is 32.1 Å². The van der Waals surface area contributed by atoms with Crippen molar-refractivity contribution in [1.29, 1.82) is 0 Å². The van der Waals surface area contributed by atoms with Crippen LogP contribution in [0.15, 0.2) is 29.2 Å². The van der Waals surface area contributed by atoms with Gasteiger partial charge < -0.3 is 0 Å². The maximum Gasteiger partial charge on any atom is 0.0417 e. The van der Waals surface area contributed by atoms with Gasteiger partial charge in [0.1, 0.15) is 0 Å². The Morgan fingerprint density at radius 2 is 2.17 bits per heavy atom. The van der Waals surface area contributed by atoms with Gasteiger partial charge in [0.25, 0.3) is 0 Å². The second kappa shape index (κ2) is 7.39. The summed E-state index contributed by atoms with van der Waals surface area (Å²) in [7, 11) is 0. The average Bonchev–Trinajstić information content (AvgIpc) is 2.87. The molecule has 0 saturated heterocycles. The van der Waals surface area contributed by atoms with Gasteiger partial charge in [0.15, 0.2) is 0 Å². The predicted octanol–water partition coefficient (Wildman–Crippen LogP) is 3.84. The second-order valence-electron chi connectivity index (χ2n) is 5.02. The fourth-order valence-electron chi connectivity index (χ4n) is 2.59. The molecule has 0 aromatic heterocycles. The zero-order valence-electron chi connectivity index (χ0n) is 10.6. The first-order chi connectivity index (χ1) is 8.78. The molecule has 0 amide bonds. The summed E-state index contributed by atoms with van der Waals surface area (Å²) in [4.78, 5) is 1.22. The second-order valence-corrected chi connectivity index (χ2v) is 6.55. The fraction of sp³-hybridized carbons (Fsp3) is 0.571. The summed E-state index contributed by atoms with van der Waals surface area (Å²) in [6.07, 6.45) is 6.73. The van der Waals surface area contributed by atoms with Gasteiger partial charge in [0.2, 0.25) is 0 Å². The van der Waals surface area contributed by atoms with Gasteiger partial charge in [-0.25, -0.2) is 0 Å². The van der Waals surface area contributed by atoms with Crippen LogP contribution in [0.25, 0.3) is 0 Å². The third-order valence-electron chi connectivity index (χ3n) is 3.58. The molecule has 1 aromatic rings. The van der Waals surface area contributed by atoms with Crippen molar-refractivity contribution in [2.75, 3.05) is 5.75 Å². The molecule has 0 bridgehead atoms. The van der Waals surface area contributed by atoms with E-state index in [4.69, 9.17) is 17.4 Å². The smallest absolute Gasteiger partial charge is 0.0417 e. The zero-order chi connectivity index (χ0) is 12.8. The van der Waals surface area contributed by atoms with E-state index in [0.29, 0.717) is 6.04 Å². The van der Waals surface area contributed by atoms with E-state index in [2.05, 4.69) is 11.5 Å². The van der Waals surface area contributed by atoms with E-state index in [0.717, 1.165) is 16.7 Å². The summed E-state index contributed by atoms with van der Waals surface area (Å²) in [5.74, 6) is 7.53. The first-order valence-corrected chi connectivity index (χ1v) is 7.99. The van der Waals surface area contributed by atoms with Crippen LogP contribution in [-0.2, 0) is 0 Å². The van der Waals surface area contributed by atoms with E-state index in [1.165, 1.54) is 37.0 Å². The molecule has 100 valence electrons. The van der Waals surface area contributed by atoms with Crippen molar-refractivity contribution in [3.05, 3.63) is 29.3 Å². The Morgan fingerprint density at radius 3 is 2.83 bits per heavy atom. The number of benzene rings is 1. The van der Waals surface area contributed by atoms with Crippen LogP contribution in [0.3, 0.4) is 0 Å². The van der Waals surface area contributed by atoms with E-state index in [-0.39, 0.29) is 0 Å². The molecule has 1 aliphatic rings. The maximum atomic E-state index is 5.98. The van der Waals surface area contributed by atoms with E-state index in [1.807, 2.05) is 30.0 Å². The van der Waals surface area contributed by atoms with E-state index >= 15 is 0 Å². The standard InChI is InChI=1S/C14H21ClN2S/c15-12-6-3-7-14(9-12)18-10-13(17-16)8-11-4-1-2-5-11/h3,6-7,9,11,13,17H,1-2,4-5,8,10,16H2. The van der Waals surface area contributed by atoms with Crippen LogP contribution in [0, 0.1) is 5.92 Å². The molecule has 3 N–H and O–H groups in total. The van der Waals surface area contributed by atoms with Gasteiger partial charge in [0.05, 0.1) is 0 Å². The largest absolute Gasteiger partial charge is 0.271 e. The molecule has 0 aliphatic heterocycles. The van der Waals surface area contributed by atoms with Crippen molar-refractivity contribution in [3.63, 3.8) is 0 Å². The third-order valence-corrected chi connectivity index (χ3v) is 4.97. The topological polar surface area (TPSA) is 38.0 Å². The molecule has 4 heteroatoms. The Hall–Kier alpha value is -0.220. The third kappa shape index (κ3) is 4.47. The number of rotatable bonds is 6. The highest BCUT2D eigenvalue weighted by atomic mass is 35.5. The van der Waals surface area contributed by atoms with Crippen molar-refractivity contribution in [1.82, 2.24) is 5.43 Å². The summed E-state index contributed by atoms with van der Waals surface area (Å²) in [6, 6.07) is 8.40. The van der Waals surface area contributed by atoms with E-state index in [9.17, 15) is 0 Å². The number of nitrogens with one attached hydrogen (secondary N) is 1. The van der Waals surface area contributed by atoms with Crippen molar-refractivity contribution in [2.24, 2.45) is 11.8 Å². The number of hydrazine groups is 1. The number of hydrogen-bond donors (Lipinski definition) is 2. The number of halogens is 1. The molecule has 1 atom stereocenters. The lowest BCUT2D eigenvalue weighted by Crippen LogP contribution is -2.38. The first kappa shape index (κ1) is 14.2. The molecule has 2 nitrogen and oxygen atoms in total. The lowest BCUT2D eigenvalue weighted by atomic mass is 10.00.